The van der Waals surface area contributed by atoms with Crippen LogP contribution >= 0.6 is 0 Å². The molecule has 3 aromatic rings. The van der Waals surface area contributed by atoms with Gasteiger partial charge in [0.2, 0.25) is 0 Å². The smallest absolute Gasteiger partial charge is 0.275 e. The lowest BCUT2D eigenvalue weighted by Crippen LogP contribution is -2.39. The summed E-state index contributed by atoms with van der Waals surface area (Å²) in [5.74, 6) is -0.167. The van der Waals surface area contributed by atoms with Crippen LogP contribution in [0.2, 0.25) is 0 Å². The maximum atomic E-state index is 13.4. The summed E-state index contributed by atoms with van der Waals surface area (Å²) < 4.78 is 8.94. The van der Waals surface area contributed by atoms with E-state index in [1.54, 1.807) is 4.57 Å². The second-order valence-electron chi connectivity index (χ2n) is 8.52. The fourth-order valence-corrected chi connectivity index (χ4v) is 4.60. The molecule has 0 bridgehead atoms. The lowest BCUT2D eigenvalue weighted by atomic mass is 10.1. The van der Waals surface area contributed by atoms with Crippen molar-refractivity contribution in [3.05, 3.63) is 64.7 Å². The van der Waals surface area contributed by atoms with Gasteiger partial charge in [-0.25, -0.2) is 0 Å². The van der Waals surface area contributed by atoms with Crippen molar-refractivity contribution in [2.45, 2.75) is 64.5 Å². The number of amides is 1. The molecule has 0 atom stereocenters. The molecule has 0 saturated heterocycles. The number of nitrogens with one attached hydrogen (secondary N) is 1. The van der Waals surface area contributed by atoms with Crippen molar-refractivity contribution < 1.29 is 9.53 Å². The highest BCUT2D eigenvalue weighted by Gasteiger charge is 2.21. The standard InChI is InChI=1S/C26H33N3O3/c1-2-32-18-10-17-28-24(25(30)27-21-13-8-3-4-9-14-21)19-29-22(15-16-23(29)26(28)31)20-11-6-5-7-12-20/h5-7,11-12,15-16,19,21H,2-4,8-10,13-14,17-18H2,1H3,(H,27,30). The monoisotopic (exact) mass is 435 g/mol. The van der Waals surface area contributed by atoms with Gasteiger partial charge in [0, 0.05) is 32.0 Å². The molecule has 6 nitrogen and oxygen atoms in total. The first-order valence-electron chi connectivity index (χ1n) is 11.9. The fourth-order valence-electron chi connectivity index (χ4n) is 4.60. The maximum absolute atomic E-state index is 13.4. The minimum Gasteiger partial charge on any atom is -0.382 e. The molecule has 1 aromatic carbocycles. The third-order valence-electron chi connectivity index (χ3n) is 6.29. The van der Waals surface area contributed by atoms with Crippen LogP contribution in [0, 0.1) is 0 Å². The molecule has 2 aromatic heterocycles. The van der Waals surface area contributed by atoms with E-state index in [2.05, 4.69) is 5.32 Å². The molecule has 1 saturated carbocycles. The number of hydrogen-bond donors (Lipinski definition) is 1. The number of hydrogen-bond acceptors (Lipinski definition) is 3. The van der Waals surface area contributed by atoms with Crippen molar-refractivity contribution in [3.63, 3.8) is 0 Å². The van der Waals surface area contributed by atoms with Crippen LogP contribution in [0.1, 0.15) is 62.4 Å². The Hall–Kier alpha value is -2.86. The highest BCUT2D eigenvalue weighted by Crippen LogP contribution is 2.22. The minimum atomic E-state index is -0.167. The largest absolute Gasteiger partial charge is 0.382 e. The van der Waals surface area contributed by atoms with E-state index in [0.717, 1.165) is 36.9 Å². The van der Waals surface area contributed by atoms with Crippen LogP contribution in [0.3, 0.4) is 0 Å². The van der Waals surface area contributed by atoms with Gasteiger partial charge in [0.15, 0.2) is 0 Å². The molecule has 0 radical (unpaired) electrons. The minimum absolute atomic E-state index is 0.141. The number of rotatable bonds is 8. The normalized spacial score (nSPS) is 15.0. The number of carbonyl (C=O) groups excluding carboxylic acids is 1. The van der Waals surface area contributed by atoms with E-state index in [4.69, 9.17) is 4.74 Å². The second-order valence-corrected chi connectivity index (χ2v) is 8.52. The third-order valence-corrected chi connectivity index (χ3v) is 6.29. The van der Waals surface area contributed by atoms with Crippen LogP contribution in [0.4, 0.5) is 0 Å². The van der Waals surface area contributed by atoms with Gasteiger partial charge in [0.05, 0.1) is 5.69 Å². The molecule has 2 heterocycles. The Kier molecular flexibility index (Phi) is 7.43. The lowest BCUT2D eigenvalue weighted by molar-refractivity contribution is 0.0919. The van der Waals surface area contributed by atoms with E-state index in [0.29, 0.717) is 37.4 Å². The fraction of sp³-hybridized carbons (Fsp3) is 0.462. The highest BCUT2D eigenvalue weighted by atomic mass is 16.5. The molecule has 1 fully saturated rings. The molecule has 170 valence electrons. The Bertz CT molecular complexity index is 1090. The first-order chi connectivity index (χ1) is 15.7. The predicted octanol–water partition coefficient (Wildman–Crippen LogP) is 4.65. The van der Waals surface area contributed by atoms with Crippen LogP contribution in [0.5, 0.6) is 0 Å². The molecule has 1 aliphatic rings. The number of nitrogens with zero attached hydrogens (tertiary/aromatic N) is 2. The van der Waals surface area contributed by atoms with Gasteiger partial charge >= 0.3 is 0 Å². The summed E-state index contributed by atoms with van der Waals surface area (Å²) >= 11 is 0. The Morgan fingerprint density at radius 1 is 1.06 bits per heavy atom. The van der Waals surface area contributed by atoms with E-state index in [-0.39, 0.29) is 17.5 Å². The number of aromatic nitrogens is 2. The molecule has 4 rings (SSSR count). The van der Waals surface area contributed by atoms with Crippen molar-refractivity contribution in [1.29, 1.82) is 0 Å². The summed E-state index contributed by atoms with van der Waals surface area (Å²) in [4.78, 5) is 26.8. The average molecular weight is 436 g/mol. The van der Waals surface area contributed by atoms with Gasteiger partial charge in [-0.15, -0.1) is 0 Å². The molecule has 1 aliphatic carbocycles. The SMILES string of the molecule is CCOCCCn1c(C(=O)NC2CCCCCC2)cn2c(-c3ccccc3)ccc2c1=O. The van der Waals surface area contributed by atoms with Gasteiger partial charge in [-0.2, -0.15) is 0 Å². The summed E-state index contributed by atoms with van der Waals surface area (Å²) in [5, 5.41) is 3.22. The van der Waals surface area contributed by atoms with E-state index in [1.807, 2.05) is 60.0 Å². The van der Waals surface area contributed by atoms with Gasteiger partial charge < -0.3 is 19.0 Å². The molecule has 0 unspecified atom stereocenters. The predicted molar refractivity (Wildman–Crippen MR) is 127 cm³/mol. The van der Waals surface area contributed by atoms with Crippen LogP contribution in [0.25, 0.3) is 16.8 Å². The van der Waals surface area contributed by atoms with E-state index in [9.17, 15) is 9.59 Å². The molecule has 1 N–H and O–H groups in total. The van der Waals surface area contributed by atoms with E-state index < -0.39 is 0 Å². The molecular formula is C26H33N3O3. The van der Waals surface area contributed by atoms with Crippen LogP contribution in [0.15, 0.2) is 53.5 Å². The Labute approximate surface area is 189 Å². The van der Waals surface area contributed by atoms with Crippen LogP contribution in [-0.2, 0) is 11.3 Å². The zero-order valence-electron chi connectivity index (χ0n) is 18.9. The molecule has 1 amide bonds. The zero-order chi connectivity index (χ0) is 22.3. The highest BCUT2D eigenvalue weighted by molar-refractivity contribution is 5.93. The van der Waals surface area contributed by atoms with Gasteiger partial charge in [0.25, 0.3) is 11.5 Å². The number of carbonyl (C=O) groups is 1. The Morgan fingerprint density at radius 3 is 2.53 bits per heavy atom. The molecule has 0 spiro atoms. The Balaban J connectivity index is 1.72. The first-order valence-corrected chi connectivity index (χ1v) is 11.9. The van der Waals surface area contributed by atoms with Crippen LogP contribution < -0.4 is 10.9 Å². The van der Waals surface area contributed by atoms with E-state index in [1.165, 1.54) is 12.8 Å². The summed E-state index contributed by atoms with van der Waals surface area (Å²) in [6, 6.07) is 13.9. The van der Waals surface area contributed by atoms with Crippen molar-refractivity contribution in [2.24, 2.45) is 0 Å². The van der Waals surface area contributed by atoms with Crippen molar-refractivity contribution in [2.75, 3.05) is 13.2 Å². The van der Waals surface area contributed by atoms with Crippen molar-refractivity contribution in [3.8, 4) is 11.3 Å². The third kappa shape index (κ3) is 4.96. The zero-order valence-corrected chi connectivity index (χ0v) is 18.9. The Morgan fingerprint density at radius 2 is 1.81 bits per heavy atom. The molecule has 6 heteroatoms. The van der Waals surface area contributed by atoms with Crippen LogP contribution in [-0.4, -0.2) is 34.1 Å². The van der Waals surface area contributed by atoms with Crippen molar-refractivity contribution >= 4 is 11.4 Å². The maximum Gasteiger partial charge on any atom is 0.275 e. The first kappa shape index (κ1) is 22.3. The lowest BCUT2D eigenvalue weighted by Gasteiger charge is -2.19. The molecular weight excluding hydrogens is 402 g/mol. The second kappa shape index (κ2) is 10.6. The summed E-state index contributed by atoms with van der Waals surface area (Å²) in [6.45, 7) is 3.61. The number of benzene rings is 1. The summed E-state index contributed by atoms with van der Waals surface area (Å²) in [5.41, 5.74) is 2.76. The summed E-state index contributed by atoms with van der Waals surface area (Å²) in [7, 11) is 0. The van der Waals surface area contributed by atoms with Gasteiger partial charge in [-0.1, -0.05) is 56.0 Å². The summed E-state index contributed by atoms with van der Waals surface area (Å²) in [6.07, 6.45) is 9.24. The van der Waals surface area contributed by atoms with Gasteiger partial charge in [-0.3, -0.25) is 9.59 Å². The number of ether oxygens (including phenoxy) is 1. The molecule has 0 aliphatic heterocycles. The van der Waals surface area contributed by atoms with Gasteiger partial charge in [-0.05, 0) is 43.9 Å². The quantitative estimate of drug-likeness (QED) is 0.414. The topological polar surface area (TPSA) is 64.7 Å². The van der Waals surface area contributed by atoms with E-state index >= 15 is 0 Å². The average Bonchev–Trinajstić information content (AvgIpc) is 3.08. The number of fused-ring (bicyclic) bond motifs is 1. The van der Waals surface area contributed by atoms with Crippen molar-refractivity contribution in [1.82, 2.24) is 14.3 Å². The molecule has 32 heavy (non-hydrogen) atoms. The van der Waals surface area contributed by atoms with Gasteiger partial charge in [0.1, 0.15) is 11.2 Å².